The van der Waals surface area contributed by atoms with Crippen LogP contribution in [0.4, 0.5) is 5.69 Å². The van der Waals surface area contributed by atoms with E-state index in [4.69, 9.17) is 5.11 Å². The predicted molar refractivity (Wildman–Crippen MR) is 80.9 cm³/mol. The van der Waals surface area contributed by atoms with Crippen LogP contribution in [-0.4, -0.2) is 49.3 Å². The topological polar surface area (TPSA) is 26.7 Å². The van der Waals surface area contributed by atoms with Gasteiger partial charge in [-0.15, -0.1) is 0 Å². The Balaban J connectivity index is 2.10. The molecular weight excluding hydrogens is 236 g/mol. The van der Waals surface area contributed by atoms with E-state index >= 15 is 0 Å². The molecular formula is C16H26N2O. The predicted octanol–water partition coefficient (Wildman–Crippen LogP) is 2.20. The van der Waals surface area contributed by atoms with Gasteiger partial charge >= 0.3 is 0 Å². The first-order chi connectivity index (χ1) is 9.13. The van der Waals surface area contributed by atoms with Crippen molar-refractivity contribution in [3.63, 3.8) is 0 Å². The van der Waals surface area contributed by atoms with Gasteiger partial charge in [-0.2, -0.15) is 0 Å². The maximum atomic E-state index is 9.08. The number of aryl methyl sites for hydroxylation is 1. The van der Waals surface area contributed by atoms with Crippen LogP contribution in [0.25, 0.3) is 0 Å². The van der Waals surface area contributed by atoms with Crippen LogP contribution in [0.1, 0.15) is 24.0 Å². The molecule has 3 heteroatoms. The summed E-state index contributed by atoms with van der Waals surface area (Å²) in [5.74, 6) is 0. The number of nitrogens with zero attached hydrogens (tertiary/aromatic N) is 2. The van der Waals surface area contributed by atoms with Crippen molar-refractivity contribution in [1.29, 1.82) is 0 Å². The summed E-state index contributed by atoms with van der Waals surface area (Å²) in [6.45, 7) is 7.63. The van der Waals surface area contributed by atoms with Gasteiger partial charge in [0.2, 0.25) is 0 Å². The van der Waals surface area contributed by atoms with Gasteiger partial charge in [0, 0.05) is 31.4 Å². The highest BCUT2D eigenvalue weighted by molar-refractivity contribution is 5.56. The third-order valence-corrected chi connectivity index (χ3v) is 4.39. The minimum atomic E-state index is 0.247. The smallest absolute Gasteiger partial charge is 0.0558 e. The zero-order valence-electron chi connectivity index (χ0n) is 12.4. The molecule has 0 saturated carbocycles. The molecule has 1 saturated heterocycles. The minimum Gasteiger partial charge on any atom is -0.395 e. The Morgan fingerprint density at radius 1 is 1.37 bits per heavy atom. The summed E-state index contributed by atoms with van der Waals surface area (Å²) in [5.41, 5.74) is 4.14. The number of hydrogen-bond acceptors (Lipinski definition) is 3. The van der Waals surface area contributed by atoms with Crippen molar-refractivity contribution in [2.75, 3.05) is 38.2 Å². The summed E-state index contributed by atoms with van der Waals surface area (Å²) < 4.78 is 0. The van der Waals surface area contributed by atoms with Gasteiger partial charge in [0.05, 0.1) is 6.61 Å². The third kappa shape index (κ3) is 3.28. The minimum absolute atomic E-state index is 0.247. The quantitative estimate of drug-likeness (QED) is 0.901. The van der Waals surface area contributed by atoms with Crippen molar-refractivity contribution in [2.24, 2.45) is 0 Å². The average Bonchev–Trinajstić information content (AvgIpc) is 2.42. The first-order valence-electron chi connectivity index (χ1n) is 7.25. The number of piperidine rings is 1. The molecule has 0 spiro atoms. The van der Waals surface area contributed by atoms with Gasteiger partial charge < -0.3 is 10.0 Å². The molecule has 1 N–H and O–H groups in total. The van der Waals surface area contributed by atoms with Gasteiger partial charge in [0.15, 0.2) is 0 Å². The molecule has 3 nitrogen and oxygen atoms in total. The Bertz CT molecular complexity index is 419. The largest absolute Gasteiger partial charge is 0.395 e. The number of rotatable bonds is 4. The van der Waals surface area contributed by atoms with E-state index in [1.54, 1.807) is 0 Å². The van der Waals surface area contributed by atoms with Crippen molar-refractivity contribution in [1.82, 2.24) is 4.90 Å². The number of aliphatic hydroxyl groups is 1. The van der Waals surface area contributed by atoms with Gasteiger partial charge in [0.25, 0.3) is 0 Å². The van der Waals surface area contributed by atoms with Gasteiger partial charge in [0.1, 0.15) is 0 Å². The van der Waals surface area contributed by atoms with E-state index in [2.05, 4.69) is 48.9 Å². The van der Waals surface area contributed by atoms with Crippen LogP contribution in [0.2, 0.25) is 0 Å². The summed E-state index contributed by atoms with van der Waals surface area (Å²) in [5, 5.41) is 9.08. The lowest BCUT2D eigenvalue weighted by Crippen LogP contribution is -2.47. The Morgan fingerprint density at radius 3 is 2.89 bits per heavy atom. The van der Waals surface area contributed by atoms with Crippen molar-refractivity contribution in [3.8, 4) is 0 Å². The van der Waals surface area contributed by atoms with Crippen molar-refractivity contribution in [3.05, 3.63) is 29.3 Å². The summed E-state index contributed by atoms with van der Waals surface area (Å²) in [6.07, 6.45) is 2.46. The molecule has 0 aliphatic carbocycles. The monoisotopic (exact) mass is 262 g/mol. The molecule has 19 heavy (non-hydrogen) atoms. The zero-order valence-corrected chi connectivity index (χ0v) is 12.4. The second-order valence-electron chi connectivity index (χ2n) is 5.67. The molecule has 1 fully saturated rings. The molecule has 1 atom stereocenters. The standard InChI is InChI=1S/C16H26N2O/c1-13-6-4-8-16(14(13)2)18-9-5-7-15(12-18)17(3)10-11-19/h4,6,8,15,19H,5,7,9-12H2,1-3H3. The van der Waals surface area contributed by atoms with E-state index in [-0.39, 0.29) is 6.61 Å². The maximum Gasteiger partial charge on any atom is 0.0558 e. The van der Waals surface area contributed by atoms with Crippen LogP contribution in [0, 0.1) is 13.8 Å². The zero-order chi connectivity index (χ0) is 13.8. The maximum absolute atomic E-state index is 9.08. The number of hydrogen-bond donors (Lipinski definition) is 1. The number of benzene rings is 1. The third-order valence-electron chi connectivity index (χ3n) is 4.39. The fourth-order valence-corrected chi connectivity index (χ4v) is 2.95. The molecule has 1 aromatic carbocycles. The van der Waals surface area contributed by atoms with Gasteiger partial charge in [-0.05, 0) is 50.9 Å². The van der Waals surface area contributed by atoms with Crippen LogP contribution >= 0.6 is 0 Å². The Labute approximate surface area is 116 Å². The van der Waals surface area contributed by atoms with Crippen molar-refractivity contribution >= 4 is 5.69 Å². The molecule has 2 rings (SSSR count). The second-order valence-corrected chi connectivity index (χ2v) is 5.67. The lowest BCUT2D eigenvalue weighted by atomic mass is 10.0. The lowest BCUT2D eigenvalue weighted by molar-refractivity contribution is 0.166. The summed E-state index contributed by atoms with van der Waals surface area (Å²) >= 11 is 0. The molecule has 0 radical (unpaired) electrons. The molecule has 1 aliphatic rings. The molecule has 1 unspecified atom stereocenters. The van der Waals surface area contributed by atoms with E-state index in [0.717, 1.165) is 19.6 Å². The van der Waals surface area contributed by atoms with Crippen LogP contribution < -0.4 is 4.90 Å². The van der Waals surface area contributed by atoms with Gasteiger partial charge in [-0.25, -0.2) is 0 Å². The van der Waals surface area contributed by atoms with Crippen LogP contribution in [0.3, 0.4) is 0 Å². The summed E-state index contributed by atoms with van der Waals surface area (Å²) in [6, 6.07) is 7.12. The second kappa shape index (κ2) is 6.40. The fourth-order valence-electron chi connectivity index (χ4n) is 2.95. The summed E-state index contributed by atoms with van der Waals surface area (Å²) in [4.78, 5) is 4.79. The highest BCUT2D eigenvalue weighted by Gasteiger charge is 2.23. The van der Waals surface area contributed by atoms with E-state index in [0.29, 0.717) is 6.04 Å². The first-order valence-corrected chi connectivity index (χ1v) is 7.25. The van der Waals surface area contributed by atoms with E-state index in [1.807, 2.05) is 0 Å². The highest BCUT2D eigenvalue weighted by atomic mass is 16.3. The molecule has 1 heterocycles. The number of likely N-dealkylation sites (N-methyl/N-ethyl adjacent to an activating group) is 1. The Hall–Kier alpha value is -1.06. The Kier molecular flexibility index (Phi) is 4.83. The van der Waals surface area contributed by atoms with Crippen LogP contribution in [-0.2, 0) is 0 Å². The van der Waals surface area contributed by atoms with Gasteiger partial charge in [-0.1, -0.05) is 12.1 Å². The molecule has 1 aliphatic heterocycles. The Morgan fingerprint density at radius 2 is 2.16 bits per heavy atom. The molecule has 1 aromatic rings. The van der Waals surface area contributed by atoms with Crippen LogP contribution in [0.15, 0.2) is 18.2 Å². The normalized spacial score (nSPS) is 20.1. The molecule has 0 amide bonds. The van der Waals surface area contributed by atoms with Crippen LogP contribution in [0.5, 0.6) is 0 Å². The van der Waals surface area contributed by atoms with E-state index in [9.17, 15) is 0 Å². The highest BCUT2D eigenvalue weighted by Crippen LogP contribution is 2.26. The number of anilines is 1. The number of aliphatic hydroxyl groups excluding tert-OH is 1. The van der Waals surface area contributed by atoms with E-state index < -0.39 is 0 Å². The van der Waals surface area contributed by atoms with Crippen molar-refractivity contribution in [2.45, 2.75) is 32.7 Å². The molecule has 0 aromatic heterocycles. The summed E-state index contributed by atoms with van der Waals surface area (Å²) in [7, 11) is 2.12. The molecule has 0 bridgehead atoms. The van der Waals surface area contributed by atoms with E-state index in [1.165, 1.54) is 29.7 Å². The first kappa shape index (κ1) is 14.4. The SMILES string of the molecule is Cc1cccc(N2CCCC(N(C)CCO)C2)c1C. The molecule has 106 valence electrons. The van der Waals surface area contributed by atoms with Crippen molar-refractivity contribution < 1.29 is 5.11 Å². The van der Waals surface area contributed by atoms with Gasteiger partial charge in [-0.3, -0.25) is 4.90 Å². The lowest BCUT2D eigenvalue weighted by Gasteiger charge is -2.39. The fraction of sp³-hybridized carbons (Fsp3) is 0.625. The average molecular weight is 262 g/mol.